The number of benzene rings is 1. The van der Waals surface area contributed by atoms with Gasteiger partial charge in [0, 0.05) is 0 Å². The third-order valence-corrected chi connectivity index (χ3v) is 2.65. The number of hydrogen-bond acceptors (Lipinski definition) is 3. The first-order chi connectivity index (χ1) is 6.49. The summed E-state index contributed by atoms with van der Waals surface area (Å²) >= 11 is 0. The number of primary sulfonamides is 1. The largest absolute Gasteiger partial charge is 0.495 e. The predicted molar refractivity (Wildman–Crippen MR) is 48.8 cm³/mol. The molecular formula is C8H10NO4S. The van der Waals surface area contributed by atoms with Crippen molar-refractivity contribution in [3.8, 4) is 5.75 Å². The number of methoxy groups -OCH3 is 1. The second-order valence-electron chi connectivity index (χ2n) is 2.67. The maximum Gasteiger partial charge on any atom is 0.241 e. The van der Waals surface area contributed by atoms with Crippen molar-refractivity contribution in [3.63, 3.8) is 0 Å². The molecule has 5 nitrogen and oxygen atoms in total. The Morgan fingerprint density at radius 3 is 2.50 bits per heavy atom. The van der Waals surface area contributed by atoms with Gasteiger partial charge in [0.15, 0.2) is 0 Å². The number of nitrogens with two attached hydrogens (primary N) is 1. The van der Waals surface area contributed by atoms with Gasteiger partial charge in [0.1, 0.15) is 17.3 Å². The van der Waals surface area contributed by atoms with E-state index in [9.17, 15) is 13.5 Å². The van der Waals surface area contributed by atoms with Gasteiger partial charge >= 0.3 is 0 Å². The van der Waals surface area contributed by atoms with Crippen molar-refractivity contribution < 1.29 is 18.3 Å². The molecule has 0 unspecified atom stereocenters. The Bertz CT molecular complexity index is 427. The number of hydrogen-bond donors (Lipinski definition) is 1. The summed E-state index contributed by atoms with van der Waals surface area (Å²) in [6.07, 6.45) is 0. The quantitative estimate of drug-likeness (QED) is 0.786. The lowest BCUT2D eigenvalue weighted by Gasteiger charge is -2.07. The summed E-state index contributed by atoms with van der Waals surface area (Å²) < 4.78 is 26.9. The maximum absolute atomic E-state index is 11.0. The van der Waals surface area contributed by atoms with Crippen molar-refractivity contribution in [3.05, 3.63) is 23.8 Å². The van der Waals surface area contributed by atoms with E-state index in [0.29, 0.717) is 5.56 Å². The lowest BCUT2D eigenvalue weighted by Crippen LogP contribution is -2.13. The number of ether oxygens (including phenoxy) is 1. The minimum absolute atomic E-state index is 0.0980. The van der Waals surface area contributed by atoms with E-state index >= 15 is 0 Å². The van der Waals surface area contributed by atoms with Crippen LogP contribution >= 0.6 is 0 Å². The lowest BCUT2D eigenvalue weighted by atomic mass is 10.2. The molecule has 1 radical (unpaired) electrons. The van der Waals surface area contributed by atoms with E-state index in [1.165, 1.54) is 25.3 Å². The van der Waals surface area contributed by atoms with Gasteiger partial charge in [0.25, 0.3) is 0 Å². The van der Waals surface area contributed by atoms with Crippen molar-refractivity contribution in [2.75, 3.05) is 7.11 Å². The molecule has 14 heavy (non-hydrogen) atoms. The Kier molecular flexibility index (Phi) is 3.10. The van der Waals surface area contributed by atoms with Crippen molar-refractivity contribution in [1.29, 1.82) is 0 Å². The summed E-state index contributed by atoms with van der Waals surface area (Å²) in [6.45, 7) is -0.429. The van der Waals surface area contributed by atoms with E-state index in [0.717, 1.165) is 0 Å². The molecule has 0 spiro atoms. The summed E-state index contributed by atoms with van der Waals surface area (Å²) in [5, 5.41) is 15.5. The molecule has 77 valence electrons. The molecule has 0 bridgehead atoms. The third-order valence-electron chi connectivity index (χ3n) is 1.70. The molecule has 0 fully saturated rings. The van der Waals surface area contributed by atoms with Crippen LogP contribution in [0.25, 0.3) is 0 Å². The molecule has 0 aliphatic heterocycles. The van der Waals surface area contributed by atoms with Crippen LogP contribution in [0.5, 0.6) is 5.75 Å². The van der Waals surface area contributed by atoms with Gasteiger partial charge < -0.3 is 4.74 Å². The van der Waals surface area contributed by atoms with Crippen molar-refractivity contribution in [2.45, 2.75) is 11.5 Å². The minimum atomic E-state index is -3.80. The summed E-state index contributed by atoms with van der Waals surface area (Å²) in [7, 11) is -2.48. The fourth-order valence-electron chi connectivity index (χ4n) is 1.04. The summed E-state index contributed by atoms with van der Waals surface area (Å²) in [4.78, 5) is -0.114. The Balaban J connectivity index is 3.33. The van der Waals surface area contributed by atoms with Crippen molar-refractivity contribution in [1.82, 2.24) is 0 Å². The molecule has 0 saturated heterocycles. The van der Waals surface area contributed by atoms with Crippen LogP contribution in [0.15, 0.2) is 23.1 Å². The highest BCUT2D eigenvalue weighted by atomic mass is 32.2. The van der Waals surface area contributed by atoms with Crippen LogP contribution in [0.1, 0.15) is 5.56 Å². The molecule has 1 rings (SSSR count). The highest BCUT2D eigenvalue weighted by Crippen LogP contribution is 2.23. The second-order valence-corrected chi connectivity index (χ2v) is 4.20. The summed E-state index contributed by atoms with van der Waals surface area (Å²) in [5.74, 6) is 0.0980. The van der Waals surface area contributed by atoms with Gasteiger partial charge in [-0.1, -0.05) is 6.07 Å². The maximum atomic E-state index is 11.0. The van der Waals surface area contributed by atoms with Gasteiger partial charge in [0.05, 0.1) is 7.11 Å². The van der Waals surface area contributed by atoms with Gasteiger partial charge in [0.2, 0.25) is 10.0 Å². The minimum Gasteiger partial charge on any atom is -0.495 e. The highest BCUT2D eigenvalue weighted by Gasteiger charge is 2.14. The van der Waals surface area contributed by atoms with E-state index in [1.807, 2.05) is 0 Å². The van der Waals surface area contributed by atoms with Gasteiger partial charge in [-0.15, -0.1) is 0 Å². The topological polar surface area (TPSA) is 89.3 Å². The van der Waals surface area contributed by atoms with Gasteiger partial charge in [-0.2, -0.15) is 0 Å². The molecule has 0 atom stereocenters. The van der Waals surface area contributed by atoms with Crippen LogP contribution in [0.2, 0.25) is 0 Å². The van der Waals surface area contributed by atoms with Crippen LogP contribution in [0.4, 0.5) is 0 Å². The zero-order chi connectivity index (χ0) is 10.8. The fraction of sp³-hybridized carbons (Fsp3) is 0.250. The Morgan fingerprint density at radius 2 is 2.07 bits per heavy atom. The summed E-state index contributed by atoms with van der Waals surface area (Å²) in [5.41, 5.74) is 0.453. The molecule has 1 aromatic rings. The average Bonchev–Trinajstić information content (AvgIpc) is 2.15. The van der Waals surface area contributed by atoms with Crippen molar-refractivity contribution in [2.24, 2.45) is 5.14 Å². The zero-order valence-corrected chi connectivity index (χ0v) is 8.37. The normalized spacial score (nSPS) is 11.4. The lowest BCUT2D eigenvalue weighted by molar-refractivity contribution is 0.177. The summed E-state index contributed by atoms with van der Waals surface area (Å²) in [6, 6.07) is 4.05. The van der Waals surface area contributed by atoms with Crippen LogP contribution < -0.4 is 9.88 Å². The van der Waals surface area contributed by atoms with E-state index in [-0.39, 0.29) is 10.6 Å². The molecule has 6 heteroatoms. The molecule has 0 aromatic heterocycles. The SMILES string of the molecule is COc1cc(C[O])ccc1S(N)(=O)=O. The second kappa shape index (κ2) is 3.95. The van der Waals surface area contributed by atoms with E-state index < -0.39 is 16.6 Å². The molecule has 0 heterocycles. The Morgan fingerprint density at radius 1 is 1.43 bits per heavy atom. The standard InChI is InChI=1S/C8H10NO4S/c1-13-7-4-6(5-10)2-3-8(7)14(9,11)12/h2-4H,5H2,1H3,(H2,9,11,12). The molecule has 2 N–H and O–H groups in total. The van der Waals surface area contributed by atoms with Crippen molar-refractivity contribution >= 4 is 10.0 Å². The molecule has 0 aliphatic rings. The van der Waals surface area contributed by atoms with E-state index in [2.05, 4.69) is 0 Å². The van der Waals surface area contributed by atoms with Gasteiger partial charge in [-0.05, 0) is 17.7 Å². The fourth-order valence-corrected chi connectivity index (χ4v) is 1.72. The van der Waals surface area contributed by atoms with E-state index in [1.54, 1.807) is 0 Å². The van der Waals surface area contributed by atoms with Crippen LogP contribution in [0, 0.1) is 0 Å². The Hall–Kier alpha value is -1.11. The Labute approximate surface area is 82.2 Å². The number of sulfonamides is 1. The van der Waals surface area contributed by atoms with Crippen LogP contribution in [-0.2, 0) is 21.7 Å². The molecule has 0 saturated carbocycles. The molecule has 0 amide bonds. The zero-order valence-electron chi connectivity index (χ0n) is 7.56. The van der Waals surface area contributed by atoms with E-state index in [4.69, 9.17) is 9.88 Å². The highest BCUT2D eigenvalue weighted by molar-refractivity contribution is 7.89. The monoisotopic (exact) mass is 216 g/mol. The molecular weight excluding hydrogens is 206 g/mol. The first-order valence-corrected chi connectivity index (χ1v) is 5.31. The number of rotatable bonds is 3. The van der Waals surface area contributed by atoms with Gasteiger partial charge in [-0.3, -0.25) is 0 Å². The predicted octanol–water partition coefficient (Wildman–Crippen LogP) is 0.273. The smallest absolute Gasteiger partial charge is 0.241 e. The molecule has 0 aliphatic carbocycles. The van der Waals surface area contributed by atoms with Gasteiger partial charge in [-0.25, -0.2) is 18.7 Å². The average molecular weight is 216 g/mol. The molecule has 1 aromatic carbocycles. The van der Waals surface area contributed by atoms with Crippen LogP contribution in [0.3, 0.4) is 0 Å². The first-order valence-electron chi connectivity index (χ1n) is 3.77. The first kappa shape index (κ1) is 11.0. The third kappa shape index (κ3) is 2.22. The van der Waals surface area contributed by atoms with Crippen LogP contribution in [-0.4, -0.2) is 15.5 Å².